The van der Waals surface area contributed by atoms with Crippen molar-refractivity contribution in [3.05, 3.63) is 75.5 Å². The quantitative estimate of drug-likeness (QED) is 0.592. The standard InChI is InChI=1S/C18H14Cl2N2OS/c1-11-17(24-14-6-4-3-5-7-14)12(2)22(21-11)18(23)15-9-8-13(19)10-16(15)20/h3-10H,1-2H3. The van der Waals surface area contributed by atoms with Gasteiger partial charge in [0.25, 0.3) is 5.91 Å². The van der Waals surface area contributed by atoms with Crippen LogP contribution in [0.2, 0.25) is 10.0 Å². The second-order valence-electron chi connectivity index (χ2n) is 5.26. The van der Waals surface area contributed by atoms with Crippen molar-refractivity contribution in [3.63, 3.8) is 0 Å². The Morgan fingerprint density at radius 2 is 1.79 bits per heavy atom. The molecule has 3 rings (SSSR count). The van der Waals surface area contributed by atoms with Crippen molar-refractivity contribution in [2.24, 2.45) is 0 Å². The highest BCUT2D eigenvalue weighted by molar-refractivity contribution is 7.99. The minimum atomic E-state index is -0.267. The highest BCUT2D eigenvalue weighted by Crippen LogP contribution is 2.33. The molecule has 0 spiro atoms. The fraction of sp³-hybridized carbons (Fsp3) is 0.111. The number of hydrogen-bond donors (Lipinski definition) is 0. The van der Waals surface area contributed by atoms with Gasteiger partial charge in [0.05, 0.1) is 26.9 Å². The van der Waals surface area contributed by atoms with Crippen LogP contribution in [0.3, 0.4) is 0 Å². The normalized spacial score (nSPS) is 10.8. The van der Waals surface area contributed by atoms with E-state index in [1.54, 1.807) is 30.0 Å². The van der Waals surface area contributed by atoms with Gasteiger partial charge in [-0.2, -0.15) is 9.78 Å². The van der Waals surface area contributed by atoms with Crippen LogP contribution in [0.1, 0.15) is 21.7 Å². The van der Waals surface area contributed by atoms with Gasteiger partial charge in [0.15, 0.2) is 0 Å². The van der Waals surface area contributed by atoms with E-state index in [0.29, 0.717) is 15.6 Å². The lowest BCUT2D eigenvalue weighted by molar-refractivity contribution is 0.0942. The number of carbonyl (C=O) groups excluding carboxylic acids is 1. The van der Waals surface area contributed by atoms with E-state index < -0.39 is 0 Å². The number of aryl methyl sites for hydroxylation is 1. The maximum absolute atomic E-state index is 12.8. The van der Waals surface area contributed by atoms with E-state index in [9.17, 15) is 4.79 Å². The molecule has 0 atom stereocenters. The fourth-order valence-corrected chi connectivity index (χ4v) is 3.80. The molecule has 122 valence electrons. The molecule has 0 aliphatic carbocycles. The Morgan fingerprint density at radius 3 is 2.46 bits per heavy atom. The van der Waals surface area contributed by atoms with Gasteiger partial charge in [-0.3, -0.25) is 4.79 Å². The van der Waals surface area contributed by atoms with Gasteiger partial charge in [0.2, 0.25) is 0 Å². The molecule has 0 N–H and O–H groups in total. The van der Waals surface area contributed by atoms with Crippen LogP contribution in [0, 0.1) is 13.8 Å². The van der Waals surface area contributed by atoms with Gasteiger partial charge in [-0.15, -0.1) is 0 Å². The Bertz CT molecular complexity index is 907. The molecule has 3 nitrogen and oxygen atoms in total. The van der Waals surface area contributed by atoms with Crippen molar-refractivity contribution in [1.82, 2.24) is 9.78 Å². The molecule has 0 fully saturated rings. The molecule has 0 saturated carbocycles. The van der Waals surface area contributed by atoms with Crippen LogP contribution in [0.15, 0.2) is 58.3 Å². The molecule has 0 amide bonds. The molecule has 0 saturated heterocycles. The van der Waals surface area contributed by atoms with Gasteiger partial charge in [0.1, 0.15) is 0 Å². The SMILES string of the molecule is Cc1nn(C(=O)c2ccc(Cl)cc2Cl)c(C)c1Sc1ccccc1. The van der Waals surface area contributed by atoms with Crippen molar-refractivity contribution in [1.29, 1.82) is 0 Å². The molecule has 6 heteroatoms. The van der Waals surface area contributed by atoms with Gasteiger partial charge in [-0.05, 0) is 44.2 Å². The summed E-state index contributed by atoms with van der Waals surface area (Å²) in [6.07, 6.45) is 0. The second kappa shape index (κ2) is 7.01. The molecule has 2 aromatic carbocycles. The lowest BCUT2D eigenvalue weighted by Gasteiger charge is -2.06. The summed E-state index contributed by atoms with van der Waals surface area (Å²) >= 11 is 13.6. The molecular weight excluding hydrogens is 363 g/mol. The summed E-state index contributed by atoms with van der Waals surface area (Å²) in [5.74, 6) is -0.267. The molecule has 0 aliphatic rings. The van der Waals surface area contributed by atoms with Crippen LogP contribution >= 0.6 is 35.0 Å². The Labute approximate surface area is 154 Å². The third-order valence-corrected chi connectivity index (χ3v) is 5.39. The lowest BCUT2D eigenvalue weighted by atomic mass is 10.2. The van der Waals surface area contributed by atoms with Crippen molar-refractivity contribution < 1.29 is 4.79 Å². The molecule has 0 unspecified atom stereocenters. The van der Waals surface area contributed by atoms with Crippen LogP contribution in [0.5, 0.6) is 0 Å². The molecule has 0 bridgehead atoms. The summed E-state index contributed by atoms with van der Waals surface area (Å²) in [5, 5.41) is 5.21. The largest absolute Gasteiger partial charge is 0.279 e. The summed E-state index contributed by atoms with van der Waals surface area (Å²) < 4.78 is 1.40. The Kier molecular flexibility index (Phi) is 4.99. The van der Waals surface area contributed by atoms with Gasteiger partial charge in [-0.25, -0.2) is 0 Å². The van der Waals surface area contributed by atoms with Crippen molar-refractivity contribution in [2.75, 3.05) is 0 Å². The molecular formula is C18H14Cl2N2OS. The highest BCUT2D eigenvalue weighted by atomic mass is 35.5. The molecule has 0 aliphatic heterocycles. The molecule has 1 aromatic heterocycles. The Morgan fingerprint density at radius 1 is 1.08 bits per heavy atom. The Hall–Kier alpha value is -1.75. The summed E-state index contributed by atoms with van der Waals surface area (Å²) in [5.41, 5.74) is 1.97. The number of halogens is 2. The van der Waals surface area contributed by atoms with Crippen LogP contribution < -0.4 is 0 Å². The van der Waals surface area contributed by atoms with Crippen LogP contribution in [-0.2, 0) is 0 Å². The van der Waals surface area contributed by atoms with Crippen LogP contribution in [-0.4, -0.2) is 15.7 Å². The number of rotatable bonds is 3. The zero-order chi connectivity index (χ0) is 17.3. The molecule has 24 heavy (non-hydrogen) atoms. The van der Waals surface area contributed by atoms with Gasteiger partial charge in [0, 0.05) is 9.92 Å². The van der Waals surface area contributed by atoms with Crippen molar-refractivity contribution in [2.45, 2.75) is 23.6 Å². The van der Waals surface area contributed by atoms with E-state index in [0.717, 1.165) is 21.2 Å². The lowest BCUT2D eigenvalue weighted by Crippen LogP contribution is -2.15. The average Bonchev–Trinajstić information content (AvgIpc) is 2.83. The van der Waals surface area contributed by atoms with E-state index in [1.165, 1.54) is 4.68 Å². The number of aromatic nitrogens is 2. The van der Waals surface area contributed by atoms with E-state index in [4.69, 9.17) is 23.2 Å². The van der Waals surface area contributed by atoms with Crippen molar-refractivity contribution >= 4 is 40.9 Å². The summed E-state index contributed by atoms with van der Waals surface area (Å²) in [6.45, 7) is 3.78. The smallest absolute Gasteiger partial charge is 0.267 e. The number of nitrogens with zero attached hydrogens (tertiary/aromatic N) is 2. The van der Waals surface area contributed by atoms with E-state index in [2.05, 4.69) is 5.10 Å². The van der Waals surface area contributed by atoms with Crippen LogP contribution in [0.25, 0.3) is 0 Å². The first kappa shape index (κ1) is 17.1. The summed E-state index contributed by atoms with van der Waals surface area (Å²) in [4.78, 5) is 14.9. The second-order valence-corrected chi connectivity index (χ2v) is 7.18. The maximum atomic E-state index is 12.8. The zero-order valence-corrected chi connectivity index (χ0v) is 15.4. The third kappa shape index (κ3) is 3.36. The number of benzene rings is 2. The minimum absolute atomic E-state index is 0.267. The predicted octanol–water partition coefficient (Wildman–Crippen LogP) is 5.65. The molecule has 0 radical (unpaired) electrons. The molecule has 1 heterocycles. The first-order valence-corrected chi connectivity index (χ1v) is 8.83. The number of carbonyl (C=O) groups is 1. The van der Waals surface area contributed by atoms with Crippen LogP contribution in [0.4, 0.5) is 0 Å². The zero-order valence-electron chi connectivity index (χ0n) is 13.1. The fourth-order valence-electron chi connectivity index (χ4n) is 2.36. The summed E-state index contributed by atoms with van der Waals surface area (Å²) in [6, 6.07) is 14.8. The van der Waals surface area contributed by atoms with E-state index in [-0.39, 0.29) is 5.91 Å². The van der Waals surface area contributed by atoms with Gasteiger partial charge >= 0.3 is 0 Å². The van der Waals surface area contributed by atoms with Gasteiger partial charge in [-0.1, -0.05) is 53.2 Å². The van der Waals surface area contributed by atoms with E-state index >= 15 is 0 Å². The first-order valence-electron chi connectivity index (χ1n) is 7.26. The summed E-state index contributed by atoms with van der Waals surface area (Å²) in [7, 11) is 0. The Balaban J connectivity index is 1.98. The monoisotopic (exact) mass is 376 g/mol. The van der Waals surface area contributed by atoms with Crippen molar-refractivity contribution in [3.8, 4) is 0 Å². The number of hydrogen-bond acceptors (Lipinski definition) is 3. The molecule has 3 aromatic rings. The predicted molar refractivity (Wildman–Crippen MR) is 98.5 cm³/mol. The van der Waals surface area contributed by atoms with E-state index in [1.807, 2.05) is 44.2 Å². The first-order chi connectivity index (χ1) is 11.5. The minimum Gasteiger partial charge on any atom is -0.267 e. The topological polar surface area (TPSA) is 34.9 Å². The average molecular weight is 377 g/mol. The highest BCUT2D eigenvalue weighted by Gasteiger charge is 2.20. The third-order valence-electron chi connectivity index (χ3n) is 3.54. The maximum Gasteiger partial charge on any atom is 0.279 e. The van der Waals surface area contributed by atoms with Gasteiger partial charge < -0.3 is 0 Å².